The highest BCUT2D eigenvalue weighted by molar-refractivity contribution is 14.1. The van der Waals surface area contributed by atoms with Gasteiger partial charge in [0.25, 0.3) is 0 Å². The van der Waals surface area contributed by atoms with Crippen LogP contribution >= 0.6 is 34.2 Å². The van der Waals surface area contributed by atoms with Crippen LogP contribution in [0.5, 0.6) is 0 Å². The fraction of sp³-hybridized carbons (Fsp3) is 0.154. The van der Waals surface area contributed by atoms with Gasteiger partial charge < -0.3 is 4.57 Å². The molecule has 0 bridgehead atoms. The molecule has 1 aromatic carbocycles. The number of benzene rings is 1. The van der Waals surface area contributed by atoms with Gasteiger partial charge in [0, 0.05) is 32.1 Å². The summed E-state index contributed by atoms with van der Waals surface area (Å²) in [5, 5.41) is 0.717. The van der Waals surface area contributed by atoms with Crippen molar-refractivity contribution in [3.63, 3.8) is 0 Å². The molecule has 0 N–H and O–H groups in total. The van der Waals surface area contributed by atoms with Gasteiger partial charge in [-0.05, 0) is 54.6 Å². The molecule has 4 heteroatoms. The Morgan fingerprint density at radius 2 is 1.71 bits per heavy atom. The molecular weight excluding hydrogens is 349 g/mol. The van der Waals surface area contributed by atoms with Gasteiger partial charge in [-0.1, -0.05) is 11.6 Å². The van der Waals surface area contributed by atoms with E-state index in [1.54, 1.807) is 12.1 Å². The van der Waals surface area contributed by atoms with E-state index in [0.29, 0.717) is 0 Å². The lowest BCUT2D eigenvalue weighted by Crippen LogP contribution is -2.12. The van der Waals surface area contributed by atoms with Crippen LogP contribution in [0.4, 0.5) is 0 Å². The summed E-state index contributed by atoms with van der Waals surface area (Å²) in [7, 11) is 0. The molecule has 2 rings (SSSR count). The molecule has 0 amide bonds. The number of aryl methyl sites for hydroxylation is 2. The van der Waals surface area contributed by atoms with Crippen LogP contribution in [0.25, 0.3) is 5.69 Å². The van der Waals surface area contributed by atoms with Crippen molar-refractivity contribution >= 4 is 34.2 Å². The summed E-state index contributed by atoms with van der Waals surface area (Å²) in [5.41, 5.74) is 2.94. The highest BCUT2D eigenvalue weighted by Crippen LogP contribution is 2.23. The molecule has 0 aliphatic rings. The van der Waals surface area contributed by atoms with Crippen LogP contribution in [0.1, 0.15) is 11.4 Å². The molecule has 0 spiro atoms. The fourth-order valence-electron chi connectivity index (χ4n) is 1.90. The van der Waals surface area contributed by atoms with Crippen molar-refractivity contribution in [2.45, 2.75) is 13.8 Å². The third-order valence-corrected chi connectivity index (χ3v) is 3.66. The SMILES string of the molecule is Cc1cc(=O)cc(C)n1-c1ccc(Cl)cc1I. The van der Waals surface area contributed by atoms with Gasteiger partial charge >= 0.3 is 0 Å². The van der Waals surface area contributed by atoms with Crippen LogP contribution < -0.4 is 5.43 Å². The third-order valence-electron chi connectivity index (χ3n) is 2.56. The predicted molar refractivity (Wildman–Crippen MR) is 79.2 cm³/mol. The van der Waals surface area contributed by atoms with Gasteiger partial charge in [0.05, 0.1) is 5.69 Å². The lowest BCUT2D eigenvalue weighted by atomic mass is 10.2. The van der Waals surface area contributed by atoms with E-state index in [1.165, 1.54) is 0 Å². The Bertz CT molecular complexity index is 608. The molecule has 0 saturated heterocycles. The van der Waals surface area contributed by atoms with Crippen LogP contribution in [0.2, 0.25) is 5.02 Å². The van der Waals surface area contributed by atoms with Crippen molar-refractivity contribution in [1.82, 2.24) is 4.57 Å². The van der Waals surface area contributed by atoms with Crippen molar-refractivity contribution in [3.05, 3.63) is 60.5 Å². The zero-order valence-corrected chi connectivity index (χ0v) is 12.4. The second-order valence-corrected chi connectivity index (χ2v) is 5.50. The monoisotopic (exact) mass is 359 g/mol. The minimum atomic E-state index is 0.0419. The molecule has 17 heavy (non-hydrogen) atoms. The Morgan fingerprint density at radius 3 is 2.24 bits per heavy atom. The molecule has 1 heterocycles. The summed E-state index contributed by atoms with van der Waals surface area (Å²) in [6.07, 6.45) is 0. The Labute approximate surface area is 118 Å². The van der Waals surface area contributed by atoms with Gasteiger partial charge in [-0.25, -0.2) is 0 Å². The molecule has 0 atom stereocenters. The molecule has 0 radical (unpaired) electrons. The predicted octanol–water partition coefficient (Wildman–Crippen LogP) is 3.71. The molecule has 0 unspecified atom stereocenters. The van der Waals surface area contributed by atoms with E-state index in [1.807, 2.05) is 32.0 Å². The quantitative estimate of drug-likeness (QED) is 0.712. The standard InChI is InChI=1S/C13H11ClINO/c1-8-5-11(17)6-9(2)16(8)13-4-3-10(14)7-12(13)15/h3-7H,1-2H3. The zero-order chi connectivity index (χ0) is 12.6. The molecule has 1 aromatic heterocycles. The molecule has 88 valence electrons. The Balaban J connectivity index is 2.73. The van der Waals surface area contributed by atoms with E-state index in [-0.39, 0.29) is 5.43 Å². The first-order chi connectivity index (χ1) is 7.99. The van der Waals surface area contributed by atoms with Crippen LogP contribution in [-0.4, -0.2) is 4.57 Å². The van der Waals surface area contributed by atoms with Gasteiger partial charge in [0.1, 0.15) is 0 Å². The second-order valence-electron chi connectivity index (χ2n) is 3.90. The summed E-state index contributed by atoms with van der Waals surface area (Å²) in [6, 6.07) is 9.01. The first kappa shape index (κ1) is 12.6. The van der Waals surface area contributed by atoms with E-state index in [2.05, 4.69) is 27.2 Å². The van der Waals surface area contributed by atoms with Gasteiger partial charge in [-0.2, -0.15) is 0 Å². The highest BCUT2D eigenvalue weighted by atomic mass is 127. The number of rotatable bonds is 1. The van der Waals surface area contributed by atoms with Crippen LogP contribution in [0.3, 0.4) is 0 Å². The molecular formula is C13H11ClINO. The number of hydrogen-bond donors (Lipinski definition) is 0. The first-order valence-electron chi connectivity index (χ1n) is 5.15. The fourth-order valence-corrected chi connectivity index (χ4v) is 3.02. The number of aromatic nitrogens is 1. The Kier molecular flexibility index (Phi) is 3.58. The molecule has 0 aliphatic heterocycles. The number of hydrogen-bond acceptors (Lipinski definition) is 1. The normalized spacial score (nSPS) is 10.6. The zero-order valence-electron chi connectivity index (χ0n) is 9.50. The van der Waals surface area contributed by atoms with Crippen molar-refractivity contribution in [2.24, 2.45) is 0 Å². The van der Waals surface area contributed by atoms with Gasteiger partial charge in [-0.3, -0.25) is 4.79 Å². The van der Waals surface area contributed by atoms with E-state index < -0.39 is 0 Å². The van der Waals surface area contributed by atoms with E-state index in [4.69, 9.17) is 11.6 Å². The molecule has 0 fully saturated rings. The molecule has 0 saturated carbocycles. The highest BCUT2D eigenvalue weighted by Gasteiger charge is 2.07. The number of nitrogens with zero attached hydrogens (tertiary/aromatic N) is 1. The Hall–Kier alpha value is -0.810. The number of halogens is 2. The van der Waals surface area contributed by atoms with Crippen LogP contribution in [-0.2, 0) is 0 Å². The maximum atomic E-state index is 11.4. The van der Waals surface area contributed by atoms with Gasteiger partial charge in [0.2, 0.25) is 0 Å². The maximum Gasteiger partial charge on any atom is 0.182 e. The summed E-state index contributed by atoms with van der Waals surface area (Å²) >= 11 is 8.19. The summed E-state index contributed by atoms with van der Waals surface area (Å²) < 4.78 is 3.12. The molecule has 0 aliphatic carbocycles. The van der Waals surface area contributed by atoms with Crippen molar-refractivity contribution in [1.29, 1.82) is 0 Å². The van der Waals surface area contributed by atoms with Crippen molar-refractivity contribution < 1.29 is 0 Å². The van der Waals surface area contributed by atoms with E-state index in [9.17, 15) is 4.79 Å². The van der Waals surface area contributed by atoms with Gasteiger partial charge in [-0.15, -0.1) is 0 Å². The van der Waals surface area contributed by atoms with E-state index >= 15 is 0 Å². The minimum absolute atomic E-state index is 0.0419. The first-order valence-corrected chi connectivity index (χ1v) is 6.60. The van der Waals surface area contributed by atoms with Crippen molar-refractivity contribution in [2.75, 3.05) is 0 Å². The lowest BCUT2D eigenvalue weighted by Gasteiger charge is -2.16. The van der Waals surface area contributed by atoms with Crippen molar-refractivity contribution in [3.8, 4) is 5.69 Å². The van der Waals surface area contributed by atoms with Gasteiger partial charge in [0.15, 0.2) is 5.43 Å². The summed E-state index contributed by atoms with van der Waals surface area (Å²) in [4.78, 5) is 11.4. The topological polar surface area (TPSA) is 22.0 Å². The van der Waals surface area contributed by atoms with Crippen LogP contribution in [0.15, 0.2) is 35.1 Å². The second kappa shape index (κ2) is 4.82. The smallest absolute Gasteiger partial charge is 0.182 e. The summed E-state index contributed by atoms with van der Waals surface area (Å²) in [6.45, 7) is 3.86. The average molecular weight is 360 g/mol. The lowest BCUT2D eigenvalue weighted by molar-refractivity contribution is 0.917. The van der Waals surface area contributed by atoms with E-state index in [0.717, 1.165) is 25.7 Å². The molecule has 2 aromatic rings. The maximum absolute atomic E-state index is 11.4. The van der Waals surface area contributed by atoms with Crippen LogP contribution in [0, 0.1) is 17.4 Å². The molecule has 2 nitrogen and oxygen atoms in total. The minimum Gasteiger partial charge on any atom is -0.317 e. The Morgan fingerprint density at radius 1 is 1.12 bits per heavy atom. The third kappa shape index (κ3) is 2.55. The largest absolute Gasteiger partial charge is 0.317 e. The summed E-state index contributed by atoms with van der Waals surface area (Å²) in [5.74, 6) is 0. The average Bonchev–Trinajstić information content (AvgIpc) is 2.19. The number of pyridine rings is 1.